The Bertz CT molecular complexity index is 271. The monoisotopic (exact) mass is 179 g/mol. The highest BCUT2D eigenvalue weighted by molar-refractivity contribution is 5.48. The molecule has 0 saturated heterocycles. The normalized spacial score (nSPS) is 10.5. The number of hydrogen-bond acceptors (Lipinski definition) is 2. The highest BCUT2D eigenvalue weighted by Crippen LogP contribution is 2.16. The molecule has 1 N–H and O–H groups in total. The van der Waals surface area contributed by atoms with E-state index in [-0.39, 0.29) is 6.61 Å². The predicted octanol–water partition coefficient (Wildman–Crippen LogP) is 2.02. The Hall–Kier alpha value is -1.02. The molecule has 0 spiro atoms. The number of benzene rings is 1. The van der Waals surface area contributed by atoms with Gasteiger partial charge >= 0.3 is 0 Å². The molecule has 13 heavy (non-hydrogen) atoms. The molecule has 0 fully saturated rings. The molecule has 1 aromatic carbocycles. The van der Waals surface area contributed by atoms with Crippen molar-refractivity contribution in [2.24, 2.45) is 0 Å². The summed E-state index contributed by atoms with van der Waals surface area (Å²) < 4.78 is 0. The summed E-state index contributed by atoms with van der Waals surface area (Å²) in [5.74, 6) is 0. The van der Waals surface area contributed by atoms with Crippen molar-refractivity contribution >= 4 is 5.69 Å². The third-order valence-electron chi connectivity index (χ3n) is 2.28. The minimum Gasteiger partial charge on any atom is -0.392 e. The van der Waals surface area contributed by atoms with E-state index in [4.69, 9.17) is 5.11 Å². The van der Waals surface area contributed by atoms with Crippen LogP contribution >= 0.6 is 0 Å². The van der Waals surface area contributed by atoms with E-state index in [1.54, 1.807) is 0 Å². The molecule has 0 heterocycles. The lowest BCUT2D eigenvalue weighted by Gasteiger charge is -2.24. The molecule has 0 aliphatic heterocycles. The van der Waals surface area contributed by atoms with Gasteiger partial charge in [-0.15, -0.1) is 0 Å². The first-order valence-corrected chi connectivity index (χ1v) is 4.57. The molecule has 0 amide bonds. The summed E-state index contributed by atoms with van der Waals surface area (Å²) in [5, 5.41) is 8.96. The van der Waals surface area contributed by atoms with Crippen LogP contribution in [0.2, 0.25) is 0 Å². The summed E-state index contributed by atoms with van der Waals surface area (Å²) in [7, 11) is 2.06. The van der Waals surface area contributed by atoms with Gasteiger partial charge in [0.25, 0.3) is 0 Å². The number of hydrogen-bond donors (Lipinski definition) is 1. The Morgan fingerprint density at radius 2 is 2.08 bits per heavy atom. The zero-order valence-corrected chi connectivity index (χ0v) is 8.49. The van der Waals surface area contributed by atoms with Gasteiger partial charge in [-0.25, -0.2) is 0 Å². The van der Waals surface area contributed by atoms with Crippen molar-refractivity contribution in [2.75, 3.05) is 11.9 Å². The van der Waals surface area contributed by atoms with Crippen LogP contribution in [0.15, 0.2) is 24.3 Å². The van der Waals surface area contributed by atoms with Gasteiger partial charge in [-0.1, -0.05) is 12.1 Å². The molecule has 0 radical (unpaired) electrons. The average molecular weight is 179 g/mol. The Labute approximate surface area is 79.8 Å². The highest BCUT2D eigenvalue weighted by Gasteiger charge is 2.04. The summed E-state index contributed by atoms with van der Waals surface area (Å²) in [6.45, 7) is 4.40. The van der Waals surface area contributed by atoms with Crippen LogP contribution in [-0.4, -0.2) is 18.2 Å². The van der Waals surface area contributed by atoms with Crippen molar-refractivity contribution in [1.29, 1.82) is 0 Å². The molecule has 0 atom stereocenters. The summed E-state index contributed by atoms with van der Waals surface area (Å²) in [6.07, 6.45) is 0. The van der Waals surface area contributed by atoms with Crippen LogP contribution in [-0.2, 0) is 6.61 Å². The molecule has 0 aliphatic carbocycles. The summed E-state index contributed by atoms with van der Waals surface area (Å²) in [6, 6.07) is 8.45. The van der Waals surface area contributed by atoms with Gasteiger partial charge in [0, 0.05) is 18.8 Å². The fourth-order valence-electron chi connectivity index (χ4n) is 1.17. The molecule has 0 aliphatic rings. The maximum absolute atomic E-state index is 8.96. The predicted molar refractivity (Wildman–Crippen MR) is 55.9 cm³/mol. The van der Waals surface area contributed by atoms with Gasteiger partial charge in [0.2, 0.25) is 0 Å². The fraction of sp³-hybridized carbons (Fsp3) is 0.455. The molecule has 0 unspecified atom stereocenters. The second kappa shape index (κ2) is 4.28. The van der Waals surface area contributed by atoms with E-state index >= 15 is 0 Å². The molecule has 1 aromatic rings. The standard InChI is InChI=1S/C11H17NO/c1-9(2)12(3)11-6-4-5-10(7-11)8-13/h4-7,9,13H,8H2,1-3H3. The Kier molecular flexibility index (Phi) is 3.32. The summed E-state index contributed by atoms with van der Waals surface area (Å²) in [4.78, 5) is 2.18. The third-order valence-corrected chi connectivity index (χ3v) is 2.28. The van der Waals surface area contributed by atoms with Crippen molar-refractivity contribution in [1.82, 2.24) is 0 Å². The van der Waals surface area contributed by atoms with E-state index in [2.05, 4.69) is 31.9 Å². The molecule has 0 bridgehead atoms. The Balaban J connectivity index is 2.88. The number of aliphatic hydroxyl groups excluding tert-OH is 1. The zero-order valence-electron chi connectivity index (χ0n) is 8.49. The lowest BCUT2D eigenvalue weighted by molar-refractivity contribution is 0.282. The van der Waals surface area contributed by atoms with Crippen LogP contribution in [0, 0.1) is 0 Å². The molecule has 0 saturated carbocycles. The number of anilines is 1. The van der Waals surface area contributed by atoms with Crippen LogP contribution in [0.4, 0.5) is 5.69 Å². The molecule has 1 rings (SSSR count). The molecule has 72 valence electrons. The largest absolute Gasteiger partial charge is 0.392 e. The fourth-order valence-corrected chi connectivity index (χ4v) is 1.17. The van der Waals surface area contributed by atoms with Gasteiger partial charge in [0.05, 0.1) is 6.61 Å². The zero-order chi connectivity index (χ0) is 9.84. The minimum absolute atomic E-state index is 0.111. The van der Waals surface area contributed by atoms with E-state index in [9.17, 15) is 0 Å². The van der Waals surface area contributed by atoms with Crippen LogP contribution in [0.5, 0.6) is 0 Å². The van der Waals surface area contributed by atoms with Gasteiger partial charge in [-0.05, 0) is 31.5 Å². The van der Waals surface area contributed by atoms with E-state index in [1.807, 2.05) is 18.2 Å². The first kappa shape index (κ1) is 10.1. The molecular weight excluding hydrogens is 162 g/mol. The average Bonchev–Trinajstić information content (AvgIpc) is 2.16. The minimum atomic E-state index is 0.111. The van der Waals surface area contributed by atoms with Gasteiger partial charge in [-0.2, -0.15) is 0 Å². The van der Waals surface area contributed by atoms with Gasteiger partial charge in [-0.3, -0.25) is 0 Å². The van der Waals surface area contributed by atoms with Crippen LogP contribution < -0.4 is 4.90 Å². The third kappa shape index (κ3) is 2.46. The first-order chi connectivity index (χ1) is 6.15. The molecule has 2 heteroatoms. The lowest BCUT2D eigenvalue weighted by Crippen LogP contribution is -2.25. The van der Waals surface area contributed by atoms with Crippen molar-refractivity contribution in [2.45, 2.75) is 26.5 Å². The van der Waals surface area contributed by atoms with E-state index in [1.165, 1.54) is 0 Å². The summed E-state index contributed by atoms with van der Waals surface area (Å²) in [5.41, 5.74) is 2.12. The van der Waals surface area contributed by atoms with Crippen molar-refractivity contribution in [3.8, 4) is 0 Å². The Morgan fingerprint density at radius 1 is 1.38 bits per heavy atom. The maximum atomic E-state index is 8.96. The maximum Gasteiger partial charge on any atom is 0.0682 e. The smallest absolute Gasteiger partial charge is 0.0682 e. The number of nitrogens with zero attached hydrogens (tertiary/aromatic N) is 1. The van der Waals surface area contributed by atoms with Gasteiger partial charge in [0.1, 0.15) is 0 Å². The van der Waals surface area contributed by atoms with Crippen molar-refractivity contribution < 1.29 is 5.11 Å². The van der Waals surface area contributed by atoms with Gasteiger partial charge < -0.3 is 10.0 Å². The number of rotatable bonds is 3. The van der Waals surface area contributed by atoms with E-state index in [0.29, 0.717) is 6.04 Å². The second-order valence-corrected chi connectivity index (χ2v) is 3.53. The highest BCUT2D eigenvalue weighted by atomic mass is 16.3. The lowest BCUT2D eigenvalue weighted by atomic mass is 10.2. The number of aliphatic hydroxyl groups is 1. The molecular formula is C11H17NO. The topological polar surface area (TPSA) is 23.5 Å². The van der Waals surface area contributed by atoms with Crippen LogP contribution in [0.1, 0.15) is 19.4 Å². The quantitative estimate of drug-likeness (QED) is 0.767. The second-order valence-electron chi connectivity index (χ2n) is 3.53. The van der Waals surface area contributed by atoms with E-state index < -0.39 is 0 Å². The molecule has 0 aromatic heterocycles. The Morgan fingerprint density at radius 3 is 2.62 bits per heavy atom. The SMILES string of the molecule is CC(C)N(C)c1cccc(CO)c1. The van der Waals surface area contributed by atoms with Crippen molar-refractivity contribution in [3.63, 3.8) is 0 Å². The first-order valence-electron chi connectivity index (χ1n) is 4.57. The van der Waals surface area contributed by atoms with E-state index in [0.717, 1.165) is 11.3 Å². The van der Waals surface area contributed by atoms with Crippen LogP contribution in [0.25, 0.3) is 0 Å². The van der Waals surface area contributed by atoms with Crippen LogP contribution in [0.3, 0.4) is 0 Å². The van der Waals surface area contributed by atoms with Crippen molar-refractivity contribution in [3.05, 3.63) is 29.8 Å². The molecule has 2 nitrogen and oxygen atoms in total. The van der Waals surface area contributed by atoms with Gasteiger partial charge in [0.15, 0.2) is 0 Å². The summed E-state index contributed by atoms with van der Waals surface area (Å²) >= 11 is 0.